The van der Waals surface area contributed by atoms with E-state index in [0.717, 1.165) is 16.2 Å². The van der Waals surface area contributed by atoms with Gasteiger partial charge in [0.2, 0.25) is 5.91 Å². The van der Waals surface area contributed by atoms with Gasteiger partial charge in [-0.15, -0.1) is 11.8 Å². The first-order valence-electron chi connectivity index (χ1n) is 7.64. The van der Waals surface area contributed by atoms with Crippen LogP contribution in [0, 0.1) is 13.8 Å². The predicted molar refractivity (Wildman–Crippen MR) is 96.1 cm³/mol. The fourth-order valence-electron chi connectivity index (χ4n) is 2.25. The Balaban J connectivity index is 1.89. The number of benzene rings is 2. The molecule has 0 heterocycles. The number of ether oxygens (including phenoxy) is 1. The van der Waals surface area contributed by atoms with Crippen molar-refractivity contribution in [3.8, 4) is 5.75 Å². The van der Waals surface area contributed by atoms with Gasteiger partial charge in [-0.1, -0.05) is 29.8 Å². The number of hydrogen-bond acceptors (Lipinski definition) is 3. The summed E-state index contributed by atoms with van der Waals surface area (Å²) in [5, 5.41) is 2.86. The third kappa shape index (κ3) is 5.03. The van der Waals surface area contributed by atoms with E-state index in [1.165, 1.54) is 11.1 Å². The molecule has 0 spiro atoms. The first kappa shape index (κ1) is 17.4. The summed E-state index contributed by atoms with van der Waals surface area (Å²) in [4.78, 5) is 13.4. The van der Waals surface area contributed by atoms with Crippen LogP contribution in [0.1, 0.15) is 23.6 Å². The van der Waals surface area contributed by atoms with Gasteiger partial charge in [-0.05, 0) is 50.1 Å². The van der Waals surface area contributed by atoms with E-state index in [0.29, 0.717) is 6.54 Å². The molecule has 1 N–H and O–H groups in total. The molecule has 2 rings (SSSR count). The fraction of sp³-hybridized carbons (Fsp3) is 0.316. The maximum Gasteiger partial charge on any atom is 0.233 e. The molecular weight excluding hydrogens is 306 g/mol. The van der Waals surface area contributed by atoms with Crippen LogP contribution in [0.4, 0.5) is 0 Å². The van der Waals surface area contributed by atoms with Crippen LogP contribution in [0.3, 0.4) is 0 Å². The molecule has 122 valence electrons. The Bertz CT molecular complexity index is 668. The monoisotopic (exact) mass is 329 g/mol. The molecule has 4 heteroatoms. The van der Waals surface area contributed by atoms with Gasteiger partial charge in [-0.2, -0.15) is 0 Å². The van der Waals surface area contributed by atoms with Gasteiger partial charge in [0.05, 0.1) is 12.4 Å². The van der Waals surface area contributed by atoms with E-state index < -0.39 is 0 Å². The zero-order valence-electron chi connectivity index (χ0n) is 14.1. The van der Waals surface area contributed by atoms with E-state index in [9.17, 15) is 4.79 Å². The summed E-state index contributed by atoms with van der Waals surface area (Å²) in [6.45, 7) is 6.62. The van der Waals surface area contributed by atoms with Gasteiger partial charge in [-0.3, -0.25) is 4.79 Å². The van der Waals surface area contributed by atoms with Crippen LogP contribution in [0.25, 0.3) is 0 Å². The van der Waals surface area contributed by atoms with Crippen molar-refractivity contribution in [2.45, 2.75) is 37.5 Å². The second-order valence-corrected chi connectivity index (χ2v) is 6.98. The van der Waals surface area contributed by atoms with Gasteiger partial charge in [-0.25, -0.2) is 0 Å². The lowest BCUT2D eigenvalue weighted by molar-refractivity contribution is -0.120. The first-order chi connectivity index (χ1) is 11.0. The summed E-state index contributed by atoms with van der Waals surface area (Å²) < 4.78 is 5.13. The standard InChI is InChI=1S/C19H23NO2S/c1-13-5-10-18(14(2)11-13)23-15(3)19(21)20-12-16-6-8-17(22-4)9-7-16/h5-11,15H,12H2,1-4H3,(H,20,21)/t15-/m1/s1. The minimum Gasteiger partial charge on any atom is -0.497 e. The molecule has 0 unspecified atom stereocenters. The summed E-state index contributed by atoms with van der Waals surface area (Å²) in [5.74, 6) is 0.865. The molecule has 2 aromatic carbocycles. The Morgan fingerprint density at radius 3 is 2.48 bits per heavy atom. The minimum atomic E-state index is -0.130. The van der Waals surface area contributed by atoms with Crippen LogP contribution in [-0.2, 0) is 11.3 Å². The van der Waals surface area contributed by atoms with Gasteiger partial charge in [0.1, 0.15) is 5.75 Å². The quantitative estimate of drug-likeness (QED) is 0.811. The highest BCUT2D eigenvalue weighted by Crippen LogP contribution is 2.27. The average Bonchev–Trinajstić information content (AvgIpc) is 2.55. The highest BCUT2D eigenvalue weighted by molar-refractivity contribution is 8.00. The van der Waals surface area contributed by atoms with Crippen LogP contribution in [0.5, 0.6) is 5.75 Å². The maximum absolute atomic E-state index is 12.3. The molecule has 3 nitrogen and oxygen atoms in total. The second-order valence-electron chi connectivity index (χ2n) is 5.59. The molecule has 0 bridgehead atoms. The molecule has 0 aliphatic carbocycles. The number of hydrogen-bond donors (Lipinski definition) is 1. The largest absolute Gasteiger partial charge is 0.497 e. The Kier molecular flexibility index (Phi) is 6.11. The maximum atomic E-state index is 12.3. The van der Waals surface area contributed by atoms with Crippen molar-refractivity contribution < 1.29 is 9.53 Å². The molecule has 0 saturated carbocycles. The molecule has 1 atom stereocenters. The summed E-state index contributed by atoms with van der Waals surface area (Å²) in [6.07, 6.45) is 0. The highest BCUT2D eigenvalue weighted by atomic mass is 32.2. The van der Waals surface area contributed by atoms with Crippen molar-refractivity contribution in [2.75, 3.05) is 7.11 Å². The topological polar surface area (TPSA) is 38.3 Å². The first-order valence-corrected chi connectivity index (χ1v) is 8.52. The summed E-state index contributed by atoms with van der Waals surface area (Å²) in [7, 11) is 1.64. The van der Waals surface area contributed by atoms with Gasteiger partial charge >= 0.3 is 0 Å². The third-order valence-electron chi connectivity index (χ3n) is 3.63. The van der Waals surface area contributed by atoms with Crippen molar-refractivity contribution in [2.24, 2.45) is 0 Å². The Labute approximate surface area is 142 Å². The van der Waals surface area contributed by atoms with Crippen LogP contribution in [-0.4, -0.2) is 18.3 Å². The number of aryl methyl sites for hydroxylation is 2. The molecule has 23 heavy (non-hydrogen) atoms. The lowest BCUT2D eigenvalue weighted by Gasteiger charge is -2.14. The van der Waals surface area contributed by atoms with E-state index in [-0.39, 0.29) is 11.2 Å². The fourth-order valence-corrected chi connectivity index (χ4v) is 3.21. The predicted octanol–water partition coefficient (Wildman–Crippen LogP) is 4.11. The van der Waals surface area contributed by atoms with Gasteiger partial charge in [0.15, 0.2) is 0 Å². The molecule has 0 saturated heterocycles. The number of amides is 1. The molecule has 0 radical (unpaired) electrons. The zero-order valence-corrected chi connectivity index (χ0v) is 14.9. The number of carbonyl (C=O) groups excluding carboxylic acids is 1. The highest BCUT2D eigenvalue weighted by Gasteiger charge is 2.15. The number of methoxy groups -OCH3 is 1. The van der Waals surface area contributed by atoms with Gasteiger partial charge < -0.3 is 10.1 Å². The van der Waals surface area contributed by atoms with E-state index in [2.05, 4.69) is 37.4 Å². The normalized spacial score (nSPS) is 11.8. The van der Waals surface area contributed by atoms with Gasteiger partial charge in [0.25, 0.3) is 0 Å². The Hall–Kier alpha value is -1.94. The number of carbonyl (C=O) groups is 1. The molecule has 2 aromatic rings. The van der Waals surface area contributed by atoms with E-state index >= 15 is 0 Å². The molecular formula is C19H23NO2S. The molecule has 0 fully saturated rings. The van der Waals surface area contributed by atoms with Crippen molar-refractivity contribution in [3.63, 3.8) is 0 Å². The van der Waals surface area contributed by atoms with Gasteiger partial charge in [0, 0.05) is 11.4 Å². The number of thioether (sulfide) groups is 1. The van der Waals surface area contributed by atoms with Crippen LogP contribution in [0.2, 0.25) is 0 Å². The number of nitrogens with one attached hydrogen (secondary N) is 1. The summed E-state index contributed by atoms with van der Waals surface area (Å²) in [5.41, 5.74) is 3.51. The van der Waals surface area contributed by atoms with Crippen molar-refractivity contribution >= 4 is 17.7 Å². The van der Waals surface area contributed by atoms with E-state index in [1.807, 2.05) is 31.2 Å². The van der Waals surface area contributed by atoms with Crippen LogP contribution in [0.15, 0.2) is 47.4 Å². The summed E-state index contributed by atoms with van der Waals surface area (Å²) in [6, 6.07) is 14.0. The lowest BCUT2D eigenvalue weighted by atomic mass is 10.2. The van der Waals surface area contributed by atoms with E-state index in [1.54, 1.807) is 18.9 Å². The third-order valence-corrected chi connectivity index (χ3v) is 4.91. The Morgan fingerprint density at radius 1 is 1.17 bits per heavy atom. The smallest absolute Gasteiger partial charge is 0.233 e. The molecule has 0 aliphatic heterocycles. The summed E-state index contributed by atoms with van der Waals surface area (Å²) >= 11 is 1.60. The SMILES string of the molecule is COc1ccc(CNC(=O)[C@@H](C)Sc2ccc(C)cc2C)cc1. The number of rotatable bonds is 6. The minimum absolute atomic E-state index is 0.0470. The molecule has 0 aliphatic rings. The lowest BCUT2D eigenvalue weighted by Crippen LogP contribution is -2.30. The molecule has 1 amide bonds. The Morgan fingerprint density at radius 2 is 1.87 bits per heavy atom. The second kappa shape index (κ2) is 8.06. The average molecular weight is 329 g/mol. The van der Waals surface area contributed by atoms with E-state index in [4.69, 9.17) is 4.74 Å². The van der Waals surface area contributed by atoms with Crippen molar-refractivity contribution in [1.82, 2.24) is 5.32 Å². The van der Waals surface area contributed by atoms with Crippen LogP contribution < -0.4 is 10.1 Å². The van der Waals surface area contributed by atoms with Crippen LogP contribution >= 0.6 is 11.8 Å². The molecule has 0 aromatic heterocycles. The zero-order chi connectivity index (χ0) is 16.8. The van der Waals surface area contributed by atoms with Crippen molar-refractivity contribution in [3.05, 3.63) is 59.2 Å². The van der Waals surface area contributed by atoms with Crippen molar-refractivity contribution in [1.29, 1.82) is 0 Å².